The molecule has 2 unspecified atom stereocenters. The lowest BCUT2D eigenvalue weighted by Crippen LogP contribution is -2.55. The first-order valence-electron chi connectivity index (χ1n) is 10.0. The van der Waals surface area contributed by atoms with Crippen LogP contribution in [0.1, 0.15) is 42.5 Å². The molecule has 0 aromatic heterocycles. The summed E-state index contributed by atoms with van der Waals surface area (Å²) in [5.74, 6) is 0.886. The maximum atomic E-state index is 4.43. The quantitative estimate of drug-likeness (QED) is 0.391. The number of nitrogens with zero attached hydrogens (tertiary/aromatic N) is 3. The summed E-state index contributed by atoms with van der Waals surface area (Å²) in [4.78, 5) is 9.27. The molecular weight excluding hydrogens is 449 g/mol. The molecule has 1 aliphatic carbocycles. The number of guanidine groups is 1. The van der Waals surface area contributed by atoms with E-state index < -0.39 is 0 Å². The smallest absolute Gasteiger partial charge is 0.191 e. The molecule has 0 bridgehead atoms. The van der Waals surface area contributed by atoms with Gasteiger partial charge in [0.2, 0.25) is 0 Å². The van der Waals surface area contributed by atoms with Crippen molar-refractivity contribution in [1.82, 2.24) is 20.4 Å². The van der Waals surface area contributed by atoms with Gasteiger partial charge in [0, 0.05) is 39.3 Å². The molecule has 6 heteroatoms. The zero-order valence-corrected chi connectivity index (χ0v) is 19.6. The van der Waals surface area contributed by atoms with E-state index in [2.05, 4.69) is 64.6 Å². The van der Waals surface area contributed by atoms with Crippen LogP contribution in [0.15, 0.2) is 23.2 Å². The maximum absolute atomic E-state index is 4.43. The van der Waals surface area contributed by atoms with Crippen LogP contribution in [-0.4, -0.2) is 69.1 Å². The van der Waals surface area contributed by atoms with Crippen molar-refractivity contribution < 1.29 is 0 Å². The highest BCUT2D eigenvalue weighted by Gasteiger charge is 2.22. The number of fused-ring (bicyclic) bond motifs is 1. The van der Waals surface area contributed by atoms with Crippen molar-refractivity contribution >= 4 is 29.9 Å². The van der Waals surface area contributed by atoms with Crippen LogP contribution in [0, 0.1) is 0 Å². The summed E-state index contributed by atoms with van der Waals surface area (Å²) in [5.41, 5.74) is 4.43. The molecule has 1 aliphatic heterocycles. The number of benzene rings is 1. The monoisotopic (exact) mass is 485 g/mol. The highest BCUT2D eigenvalue weighted by Crippen LogP contribution is 2.24. The molecule has 1 aromatic rings. The van der Waals surface area contributed by atoms with E-state index in [9.17, 15) is 0 Å². The Balaban J connectivity index is 0.00000261. The number of rotatable bonds is 4. The van der Waals surface area contributed by atoms with Gasteiger partial charge >= 0.3 is 0 Å². The molecule has 0 amide bonds. The summed E-state index contributed by atoms with van der Waals surface area (Å²) in [6.07, 6.45) is 5.13. The summed E-state index contributed by atoms with van der Waals surface area (Å²) in [7, 11) is 6.27. The molecule has 2 atom stereocenters. The first-order valence-corrected chi connectivity index (χ1v) is 10.0. The van der Waals surface area contributed by atoms with Gasteiger partial charge in [-0.1, -0.05) is 18.2 Å². The van der Waals surface area contributed by atoms with Gasteiger partial charge < -0.3 is 15.5 Å². The van der Waals surface area contributed by atoms with Gasteiger partial charge in [-0.3, -0.25) is 9.89 Å². The summed E-state index contributed by atoms with van der Waals surface area (Å²) in [6, 6.07) is 7.76. The molecule has 0 saturated carbocycles. The number of nitrogens with one attached hydrogen (secondary N) is 2. The van der Waals surface area contributed by atoms with Crippen LogP contribution in [0.4, 0.5) is 0 Å². The van der Waals surface area contributed by atoms with Gasteiger partial charge in [-0.05, 0) is 63.4 Å². The molecule has 3 rings (SSSR count). The number of piperazine rings is 1. The van der Waals surface area contributed by atoms with Crippen molar-refractivity contribution in [3.05, 3.63) is 34.9 Å². The van der Waals surface area contributed by atoms with Crippen LogP contribution in [-0.2, 0) is 12.8 Å². The molecule has 152 valence electrons. The lowest BCUT2D eigenvalue weighted by Gasteiger charge is -2.38. The van der Waals surface area contributed by atoms with Gasteiger partial charge in [-0.15, -0.1) is 24.0 Å². The van der Waals surface area contributed by atoms with Crippen molar-refractivity contribution in [2.45, 2.75) is 44.7 Å². The van der Waals surface area contributed by atoms with Crippen LogP contribution in [0.25, 0.3) is 0 Å². The number of aliphatic imine (C=N–C) groups is 1. The molecule has 1 fully saturated rings. The average molecular weight is 485 g/mol. The number of hydrogen-bond acceptors (Lipinski definition) is 3. The highest BCUT2D eigenvalue weighted by atomic mass is 127. The van der Waals surface area contributed by atoms with E-state index in [0.29, 0.717) is 6.04 Å². The van der Waals surface area contributed by atoms with E-state index in [0.717, 1.165) is 32.1 Å². The topological polar surface area (TPSA) is 42.9 Å². The summed E-state index contributed by atoms with van der Waals surface area (Å²) < 4.78 is 0. The Morgan fingerprint density at radius 3 is 2.67 bits per heavy atom. The Morgan fingerprint density at radius 1 is 1.19 bits per heavy atom. The molecule has 1 aromatic carbocycles. The fourth-order valence-corrected chi connectivity index (χ4v) is 4.04. The second-order valence-corrected chi connectivity index (χ2v) is 7.95. The van der Waals surface area contributed by atoms with Crippen LogP contribution >= 0.6 is 24.0 Å². The summed E-state index contributed by atoms with van der Waals surface area (Å²) in [6.45, 7) is 6.51. The predicted octanol–water partition coefficient (Wildman–Crippen LogP) is 2.66. The fourth-order valence-electron chi connectivity index (χ4n) is 4.04. The van der Waals surface area contributed by atoms with Crippen LogP contribution < -0.4 is 10.6 Å². The van der Waals surface area contributed by atoms with Crippen molar-refractivity contribution in [2.75, 3.05) is 47.3 Å². The minimum atomic E-state index is 0. The van der Waals surface area contributed by atoms with Crippen LogP contribution in [0.3, 0.4) is 0 Å². The van der Waals surface area contributed by atoms with Gasteiger partial charge in [0.1, 0.15) is 0 Å². The Morgan fingerprint density at radius 2 is 1.93 bits per heavy atom. The van der Waals surface area contributed by atoms with E-state index in [4.69, 9.17) is 0 Å². The Labute approximate surface area is 182 Å². The largest absolute Gasteiger partial charge is 0.355 e. The van der Waals surface area contributed by atoms with E-state index in [1.54, 1.807) is 5.56 Å². The van der Waals surface area contributed by atoms with Crippen molar-refractivity contribution in [1.29, 1.82) is 0 Å². The van der Waals surface area contributed by atoms with E-state index >= 15 is 0 Å². The van der Waals surface area contributed by atoms with Gasteiger partial charge in [-0.2, -0.15) is 0 Å². The number of halogens is 1. The second kappa shape index (κ2) is 10.6. The van der Waals surface area contributed by atoms with Gasteiger partial charge in [-0.25, -0.2) is 0 Å². The zero-order valence-electron chi connectivity index (χ0n) is 17.3. The Bertz CT molecular complexity index is 633. The second-order valence-electron chi connectivity index (χ2n) is 7.95. The molecule has 27 heavy (non-hydrogen) atoms. The van der Waals surface area contributed by atoms with Gasteiger partial charge in [0.25, 0.3) is 0 Å². The van der Waals surface area contributed by atoms with Crippen molar-refractivity contribution in [3.63, 3.8) is 0 Å². The third kappa shape index (κ3) is 6.06. The molecule has 5 nitrogen and oxygen atoms in total. The van der Waals surface area contributed by atoms with E-state index in [1.165, 1.54) is 36.8 Å². The highest BCUT2D eigenvalue weighted by molar-refractivity contribution is 14.0. The van der Waals surface area contributed by atoms with Gasteiger partial charge in [0.15, 0.2) is 5.96 Å². The van der Waals surface area contributed by atoms with Crippen molar-refractivity contribution in [2.24, 2.45) is 4.99 Å². The lowest BCUT2D eigenvalue weighted by atomic mass is 9.89. The minimum Gasteiger partial charge on any atom is -0.355 e. The fraction of sp³-hybridized carbons (Fsp3) is 0.667. The van der Waals surface area contributed by atoms with E-state index in [-0.39, 0.29) is 30.0 Å². The van der Waals surface area contributed by atoms with E-state index in [1.807, 2.05) is 7.05 Å². The first-order chi connectivity index (χ1) is 12.6. The number of hydrogen-bond donors (Lipinski definition) is 2. The molecule has 1 heterocycles. The standard InChI is InChI=1S/C21H35N5.HI/c1-16(18-10-9-17-7-5-6-8-19(17)13-18)24-21(22-2)23-14-20-15-25(3)11-12-26(20)4;/h9-10,13,16,20H,5-8,11-12,14-15H2,1-4H3,(H2,22,23,24);1H. The molecule has 0 radical (unpaired) electrons. The average Bonchev–Trinajstić information content (AvgIpc) is 2.66. The SMILES string of the molecule is CN=C(NCC1CN(C)CCN1C)NC(C)c1ccc2c(c1)CCCC2.I. The zero-order chi connectivity index (χ0) is 18.5. The first kappa shape index (κ1) is 22.4. The Hall–Kier alpha value is -0.860. The predicted molar refractivity (Wildman–Crippen MR) is 125 cm³/mol. The van der Waals surface area contributed by atoms with Crippen LogP contribution in [0.5, 0.6) is 0 Å². The lowest BCUT2D eigenvalue weighted by molar-refractivity contribution is 0.116. The molecule has 2 aliphatic rings. The minimum absolute atomic E-state index is 0. The summed E-state index contributed by atoms with van der Waals surface area (Å²) >= 11 is 0. The summed E-state index contributed by atoms with van der Waals surface area (Å²) in [5, 5.41) is 7.09. The molecular formula is C21H36IN5. The maximum Gasteiger partial charge on any atom is 0.191 e. The van der Waals surface area contributed by atoms with Crippen LogP contribution in [0.2, 0.25) is 0 Å². The van der Waals surface area contributed by atoms with Crippen molar-refractivity contribution in [3.8, 4) is 0 Å². The number of aryl methyl sites for hydroxylation is 2. The normalized spacial score (nSPS) is 22.5. The van der Waals surface area contributed by atoms with Gasteiger partial charge in [0.05, 0.1) is 6.04 Å². The molecule has 2 N–H and O–H groups in total. The molecule has 1 saturated heterocycles. The third-order valence-electron chi connectivity index (χ3n) is 5.93. The number of likely N-dealkylation sites (N-methyl/N-ethyl adjacent to an activating group) is 2. The third-order valence-corrected chi connectivity index (χ3v) is 5.93. The molecule has 0 spiro atoms. The Kier molecular flexibility index (Phi) is 8.82.